The summed E-state index contributed by atoms with van der Waals surface area (Å²) in [4.78, 5) is 25.0. The normalized spacial score (nSPS) is 17.8. The minimum atomic E-state index is -0.591. The van der Waals surface area contributed by atoms with Crippen molar-refractivity contribution in [3.63, 3.8) is 0 Å². The highest BCUT2D eigenvalue weighted by molar-refractivity contribution is 5.89. The molecule has 6 heteroatoms. The van der Waals surface area contributed by atoms with Crippen molar-refractivity contribution < 1.29 is 19.4 Å². The topological polar surface area (TPSA) is 77.8 Å². The number of pyridine rings is 1. The first-order valence-electron chi connectivity index (χ1n) is 10.8. The summed E-state index contributed by atoms with van der Waals surface area (Å²) in [6.07, 6.45) is 5.90. The number of hydrogen-bond donors (Lipinski definition) is 1. The highest BCUT2D eigenvalue weighted by atomic mass is 16.5. The van der Waals surface area contributed by atoms with E-state index in [9.17, 15) is 14.7 Å². The van der Waals surface area contributed by atoms with Gasteiger partial charge in [-0.25, -0.2) is 4.79 Å². The number of hydrogen-bond acceptors (Lipinski definition) is 5. The van der Waals surface area contributed by atoms with Gasteiger partial charge >= 0.3 is 5.97 Å². The molecular weight excluding hydrogens is 382 g/mol. The van der Waals surface area contributed by atoms with Crippen LogP contribution in [0.2, 0.25) is 0 Å². The Bertz CT molecular complexity index is 1020. The van der Waals surface area contributed by atoms with Crippen LogP contribution in [0.1, 0.15) is 67.6 Å². The molecule has 160 valence electrons. The van der Waals surface area contributed by atoms with Crippen LogP contribution in [0, 0.1) is 5.92 Å². The van der Waals surface area contributed by atoms with Crippen molar-refractivity contribution in [1.82, 2.24) is 4.57 Å². The van der Waals surface area contributed by atoms with E-state index in [-0.39, 0.29) is 36.4 Å². The Kier molecular flexibility index (Phi) is 5.69. The SMILES string of the molecule is CCOC(=O)c1cn2c(cc1=O)-c1cc(CO)c(OC3CCC3)cc1C[C@H]2C(C)C. The molecule has 1 saturated carbocycles. The molecule has 1 atom stereocenters. The first kappa shape index (κ1) is 20.7. The van der Waals surface area contributed by atoms with E-state index in [1.54, 1.807) is 13.1 Å². The van der Waals surface area contributed by atoms with Gasteiger partial charge in [-0.2, -0.15) is 0 Å². The number of ether oxygens (including phenoxy) is 2. The Morgan fingerprint density at radius 1 is 1.27 bits per heavy atom. The molecule has 0 radical (unpaired) electrons. The van der Waals surface area contributed by atoms with Crippen molar-refractivity contribution in [2.45, 2.75) is 65.2 Å². The molecule has 0 saturated heterocycles. The van der Waals surface area contributed by atoms with Gasteiger partial charge < -0.3 is 19.1 Å². The molecule has 1 aliphatic heterocycles. The summed E-state index contributed by atoms with van der Waals surface area (Å²) in [6, 6.07) is 5.57. The van der Waals surface area contributed by atoms with Crippen LogP contribution in [-0.2, 0) is 17.8 Å². The van der Waals surface area contributed by atoms with Crippen molar-refractivity contribution in [3.05, 3.63) is 51.3 Å². The number of rotatable bonds is 6. The molecular formula is C24H29NO5. The number of aliphatic hydroxyl groups is 1. The summed E-state index contributed by atoms with van der Waals surface area (Å²) >= 11 is 0. The molecule has 6 nitrogen and oxygen atoms in total. The van der Waals surface area contributed by atoms with Crippen LogP contribution in [0.25, 0.3) is 11.3 Å². The van der Waals surface area contributed by atoms with Gasteiger partial charge in [-0.3, -0.25) is 4.79 Å². The molecule has 0 spiro atoms. The number of carbonyl (C=O) groups excluding carboxylic acids is 1. The largest absolute Gasteiger partial charge is 0.490 e. The minimum absolute atomic E-state index is 0.0574. The molecule has 1 fully saturated rings. The van der Waals surface area contributed by atoms with Gasteiger partial charge in [0.15, 0.2) is 5.43 Å². The predicted molar refractivity (Wildman–Crippen MR) is 114 cm³/mol. The number of benzene rings is 1. The van der Waals surface area contributed by atoms with Gasteiger partial charge in [0, 0.05) is 29.4 Å². The molecule has 2 aromatic rings. The molecule has 30 heavy (non-hydrogen) atoms. The zero-order valence-electron chi connectivity index (χ0n) is 17.8. The van der Waals surface area contributed by atoms with Gasteiger partial charge in [-0.05, 0) is 56.2 Å². The zero-order valence-corrected chi connectivity index (χ0v) is 17.8. The Labute approximate surface area is 176 Å². The molecule has 1 N–H and O–H groups in total. The Hall–Kier alpha value is -2.60. The lowest BCUT2D eigenvalue weighted by Gasteiger charge is -2.34. The number of aromatic nitrogens is 1. The first-order valence-corrected chi connectivity index (χ1v) is 10.8. The molecule has 1 aromatic carbocycles. The maximum Gasteiger partial charge on any atom is 0.343 e. The molecule has 2 heterocycles. The highest BCUT2D eigenvalue weighted by Gasteiger charge is 2.30. The fraction of sp³-hybridized carbons (Fsp3) is 0.500. The van der Waals surface area contributed by atoms with E-state index >= 15 is 0 Å². The van der Waals surface area contributed by atoms with Crippen LogP contribution < -0.4 is 10.2 Å². The van der Waals surface area contributed by atoms with Gasteiger partial charge in [0.05, 0.1) is 25.0 Å². The van der Waals surface area contributed by atoms with Crippen molar-refractivity contribution in [1.29, 1.82) is 0 Å². The molecule has 1 aliphatic carbocycles. The number of fused-ring (bicyclic) bond motifs is 3. The average Bonchev–Trinajstić information content (AvgIpc) is 2.69. The standard InChI is InChI=1S/C24H29NO5/c1-4-29-24(28)19-12-25-20(14(2)3)9-15-10-23(30-17-6-5-7-17)16(13-26)8-18(15)21(25)11-22(19)27/h8,10-12,14,17,20,26H,4-7,9,13H2,1-3H3/t20-/m0/s1. The van der Waals surface area contributed by atoms with E-state index in [1.807, 2.05) is 16.7 Å². The highest BCUT2D eigenvalue weighted by Crippen LogP contribution is 2.41. The van der Waals surface area contributed by atoms with Crippen molar-refractivity contribution in [2.75, 3.05) is 6.61 Å². The predicted octanol–water partition coefficient (Wildman–Crippen LogP) is 3.87. The number of carbonyl (C=O) groups is 1. The van der Waals surface area contributed by atoms with Gasteiger partial charge in [0.25, 0.3) is 0 Å². The lowest BCUT2D eigenvalue weighted by molar-refractivity contribution is 0.0523. The second-order valence-corrected chi connectivity index (χ2v) is 8.53. The monoisotopic (exact) mass is 411 g/mol. The summed E-state index contributed by atoms with van der Waals surface area (Å²) < 4.78 is 13.2. The quantitative estimate of drug-likeness (QED) is 0.730. The summed E-state index contributed by atoms with van der Waals surface area (Å²) in [5.74, 6) is 0.441. The van der Waals surface area contributed by atoms with Gasteiger partial charge in [-0.15, -0.1) is 0 Å². The van der Waals surface area contributed by atoms with Crippen LogP contribution in [0.3, 0.4) is 0 Å². The molecule has 2 aliphatic rings. The smallest absolute Gasteiger partial charge is 0.343 e. The second kappa shape index (κ2) is 8.26. The fourth-order valence-corrected chi connectivity index (χ4v) is 4.26. The molecule has 0 bridgehead atoms. The van der Waals surface area contributed by atoms with E-state index < -0.39 is 5.97 Å². The Morgan fingerprint density at radius 2 is 2.03 bits per heavy atom. The van der Waals surface area contributed by atoms with Crippen LogP contribution >= 0.6 is 0 Å². The Balaban J connectivity index is 1.84. The number of nitrogens with zero attached hydrogens (tertiary/aromatic N) is 1. The summed E-state index contributed by atoms with van der Waals surface area (Å²) in [6.45, 7) is 6.08. The van der Waals surface area contributed by atoms with Crippen molar-refractivity contribution in [3.8, 4) is 17.0 Å². The fourth-order valence-electron chi connectivity index (χ4n) is 4.26. The number of esters is 1. The summed E-state index contributed by atoms with van der Waals surface area (Å²) in [5, 5.41) is 9.93. The van der Waals surface area contributed by atoms with Crippen LogP contribution in [0.5, 0.6) is 5.75 Å². The third-order valence-corrected chi connectivity index (χ3v) is 6.21. The lowest BCUT2D eigenvalue weighted by Crippen LogP contribution is -2.29. The van der Waals surface area contributed by atoms with Crippen molar-refractivity contribution in [2.24, 2.45) is 5.92 Å². The third kappa shape index (κ3) is 3.65. The molecule has 0 unspecified atom stereocenters. The van der Waals surface area contributed by atoms with Gasteiger partial charge in [0.1, 0.15) is 11.3 Å². The van der Waals surface area contributed by atoms with E-state index in [4.69, 9.17) is 9.47 Å². The summed E-state index contributed by atoms with van der Waals surface area (Å²) in [5.41, 5.74) is 3.19. The maximum absolute atomic E-state index is 12.7. The zero-order chi connectivity index (χ0) is 21.4. The molecule has 1 aromatic heterocycles. The lowest BCUT2D eigenvalue weighted by atomic mass is 9.86. The van der Waals surface area contributed by atoms with Crippen LogP contribution in [0.4, 0.5) is 0 Å². The van der Waals surface area contributed by atoms with E-state index in [0.29, 0.717) is 5.92 Å². The minimum Gasteiger partial charge on any atom is -0.490 e. The van der Waals surface area contributed by atoms with Crippen LogP contribution in [-0.4, -0.2) is 28.4 Å². The van der Waals surface area contributed by atoms with E-state index in [1.165, 1.54) is 12.5 Å². The average molecular weight is 411 g/mol. The Morgan fingerprint density at radius 3 is 2.63 bits per heavy atom. The second-order valence-electron chi connectivity index (χ2n) is 8.53. The molecule has 4 rings (SSSR count). The molecule has 0 amide bonds. The maximum atomic E-state index is 12.7. The van der Waals surface area contributed by atoms with E-state index in [0.717, 1.165) is 47.4 Å². The van der Waals surface area contributed by atoms with Crippen LogP contribution in [0.15, 0.2) is 29.2 Å². The summed E-state index contributed by atoms with van der Waals surface area (Å²) in [7, 11) is 0. The first-order chi connectivity index (χ1) is 14.4. The van der Waals surface area contributed by atoms with E-state index in [2.05, 4.69) is 13.8 Å². The van der Waals surface area contributed by atoms with Gasteiger partial charge in [-0.1, -0.05) is 13.8 Å². The van der Waals surface area contributed by atoms with Crippen molar-refractivity contribution >= 4 is 5.97 Å². The number of aliphatic hydroxyl groups excluding tert-OH is 1. The van der Waals surface area contributed by atoms with Gasteiger partial charge in [0.2, 0.25) is 0 Å². The third-order valence-electron chi connectivity index (χ3n) is 6.21.